The Balaban J connectivity index is 1.46. The predicted molar refractivity (Wildman–Crippen MR) is 122 cm³/mol. The molecule has 0 aromatic heterocycles. The van der Waals surface area contributed by atoms with Gasteiger partial charge in [-0.3, -0.25) is 0 Å². The van der Waals surface area contributed by atoms with Crippen LogP contribution in [0.5, 0.6) is 0 Å². The molecule has 0 aromatic rings. The number of hydrogen-bond donors (Lipinski definition) is 0. The zero-order valence-electron chi connectivity index (χ0n) is 20.1. The zero-order chi connectivity index (χ0) is 20.1. The van der Waals surface area contributed by atoms with E-state index < -0.39 is 0 Å². The summed E-state index contributed by atoms with van der Waals surface area (Å²) in [6, 6.07) is 0. The number of rotatable bonds is 5. The second kappa shape index (κ2) is 7.92. The summed E-state index contributed by atoms with van der Waals surface area (Å²) in [5, 5.41) is 0. The summed E-state index contributed by atoms with van der Waals surface area (Å²) in [7, 11) is 0. The fourth-order valence-corrected chi connectivity index (χ4v) is 9.50. The first-order chi connectivity index (χ1) is 13.3. The molecular weight excluding hydrogens is 336 g/mol. The van der Waals surface area contributed by atoms with E-state index in [2.05, 4.69) is 41.5 Å². The molecule has 4 fully saturated rings. The molecule has 4 rings (SSSR count). The van der Waals surface area contributed by atoms with E-state index >= 15 is 0 Å². The highest BCUT2D eigenvalue weighted by Gasteiger charge is 2.60. The van der Waals surface area contributed by atoms with E-state index in [1.807, 2.05) is 0 Å². The number of hydrogen-bond acceptors (Lipinski definition) is 0. The molecule has 0 aromatic carbocycles. The van der Waals surface area contributed by atoms with Crippen LogP contribution in [0.15, 0.2) is 0 Å². The Morgan fingerprint density at radius 3 is 2.25 bits per heavy atom. The van der Waals surface area contributed by atoms with E-state index in [4.69, 9.17) is 0 Å². The smallest absolute Gasteiger partial charge is 0.0264 e. The maximum absolute atomic E-state index is 2.75. The monoisotopic (exact) mass is 386 g/mol. The summed E-state index contributed by atoms with van der Waals surface area (Å²) >= 11 is 0. The van der Waals surface area contributed by atoms with Gasteiger partial charge in [0.25, 0.3) is 0 Å². The van der Waals surface area contributed by atoms with E-state index in [1.165, 1.54) is 32.1 Å². The predicted octanol–water partition coefficient (Wildman–Crippen LogP) is 8.74. The van der Waals surface area contributed by atoms with Crippen LogP contribution in [0.25, 0.3) is 0 Å². The van der Waals surface area contributed by atoms with Crippen LogP contribution >= 0.6 is 0 Å². The Morgan fingerprint density at radius 2 is 1.50 bits per heavy atom. The van der Waals surface area contributed by atoms with Crippen molar-refractivity contribution < 1.29 is 0 Å². The van der Waals surface area contributed by atoms with Crippen molar-refractivity contribution in [3.8, 4) is 0 Å². The van der Waals surface area contributed by atoms with Gasteiger partial charge in [-0.15, -0.1) is 0 Å². The molecule has 28 heavy (non-hydrogen) atoms. The summed E-state index contributed by atoms with van der Waals surface area (Å²) in [5.41, 5.74) is 1.36. The Kier molecular flexibility index (Phi) is 6.01. The van der Waals surface area contributed by atoms with Gasteiger partial charge >= 0.3 is 0 Å². The SMILES string of the molecule is CC(C)CCCC(C)[C@H]1CCC2C3CCC4C[C@@H](C)CC[C@]4(C)C3CC[C@@]21C. The van der Waals surface area contributed by atoms with Crippen molar-refractivity contribution in [2.45, 2.75) is 119 Å². The van der Waals surface area contributed by atoms with Crippen LogP contribution in [-0.4, -0.2) is 0 Å². The molecule has 4 aliphatic carbocycles. The third kappa shape index (κ3) is 3.51. The molecule has 0 nitrogen and oxygen atoms in total. The van der Waals surface area contributed by atoms with Gasteiger partial charge in [0.05, 0.1) is 0 Å². The Hall–Kier alpha value is 0. The Bertz CT molecular complexity index is 534. The first kappa shape index (κ1) is 21.2. The lowest BCUT2D eigenvalue weighted by Gasteiger charge is -2.61. The lowest BCUT2D eigenvalue weighted by molar-refractivity contribution is -0.120. The molecule has 0 heteroatoms. The molecule has 5 unspecified atom stereocenters. The van der Waals surface area contributed by atoms with Gasteiger partial charge < -0.3 is 0 Å². The third-order valence-corrected chi connectivity index (χ3v) is 11.1. The van der Waals surface area contributed by atoms with E-state index in [0.29, 0.717) is 10.8 Å². The van der Waals surface area contributed by atoms with Crippen LogP contribution < -0.4 is 0 Å². The van der Waals surface area contributed by atoms with E-state index in [9.17, 15) is 0 Å². The van der Waals surface area contributed by atoms with E-state index in [1.54, 1.807) is 44.9 Å². The summed E-state index contributed by atoms with van der Waals surface area (Å²) in [4.78, 5) is 0. The van der Waals surface area contributed by atoms with Gasteiger partial charge in [-0.1, -0.05) is 67.2 Å². The fraction of sp³-hybridized carbons (Fsp3) is 1.00. The van der Waals surface area contributed by atoms with Crippen molar-refractivity contribution in [2.75, 3.05) is 0 Å². The van der Waals surface area contributed by atoms with Crippen molar-refractivity contribution >= 4 is 0 Å². The fourth-order valence-electron chi connectivity index (χ4n) is 9.50. The van der Waals surface area contributed by atoms with E-state index in [0.717, 1.165) is 47.3 Å². The Morgan fingerprint density at radius 1 is 0.786 bits per heavy atom. The van der Waals surface area contributed by atoms with Gasteiger partial charge in [-0.05, 0) is 110 Å². The quantitative estimate of drug-likeness (QED) is 0.443. The lowest BCUT2D eigenvalue weighted by atomic mass is 9.44. The van der Waals surface area contributed by atoms with Crippen LogP contribution in [0.3, 0.4) is 0 Å². The van der Waals surface area contributed by atoms with Gasteiger partial charge in [0.15, 0.2) is 0 Å². The third-order valence-electron chi connectivity index (χ3n) is 11.1. The minimum Gasteiger partial charge on any atom is -0.0628 e. The first-order valence-corrected chi connectivity index (χ1v) is 13.3. The molecule has 0 aliphatic heterocycles. The van der Waals surface area contributed by atoms with Gasteiger partial charge in [0.1, 0.15) is 0 Å². The van der Waals surface area contributed by atoms with Gasteiger partial charge in [0, 0.05) is 0 Å². The van der Waals surface area contributed by atoms with Crippen LogP contribution in [0.1, 0.15) is 119 Å². The molecular formula is C28H50. The van der Waals surface area contributed by atoms with Crippen molar-refractivity contribution in [2.24, 2.45) is 58.2 Å². The number of fused-ring (bicyclic) bond motifs is 5. The van der Waals surface area contributed by atoms with Crippen LogP contribution in [0.2, 0.25) is 0 Å². The highest BCUT2D eigenvalue weighted by molar-refractivity contribution is 5.09. The first-order valence-electron chi connectivity index (χ1n) is 13.3. The second-order valence-electron chi connectivity index (χ2n) is 13.1. The maximum atomic E-state index is 2.75. The molecule has 0 bridgehead atoms. The highest BCUT2D eigenvalue weighted by Crippen LogP contribution is 2.68. The molecule has 0 amide bonds. The largest absolute Gasteiger partial charge is 0.0628 e. The van der Waals surface area contributed by atoms with Crippen molar-refractivity contribution in [3.63, 3.8) is 0 Å². The molecule has 0 radical (unpaired) electrons. The molecule has 162 valence electrons. The molecule has 4 saturated carbocycles. The summed E-state index contributed by atoms with van der Waals surface area (Å²) in [5.74, 6) is 8.08. The summed E-state index contributed by atoms with van der Waals surface area (Å²) in [6.07, 6.45) is 18.3. The van der Waals surface area contributed by atoms with Crippen molar-refractivity contribution in [3.05, 3.63) is 0 Å². The van der Waals surface area contributed by atoms with E-state index in [-0.39, 0.29) is 0 Å². The standard InChI is InChI=1S/C28H50/c1-19(2)8-7-9-21(4)24-12-13-25-23-11-10-22-18-20(3)14-16-27(22,5)26(23)15-17-28(24,25)6/h19-26H,7-18H2,1-6H3/t20-,21?,22?,23?,24+,25?,26?,27-,28+/m0/s1. The molecule has 4 aliphatic rings. The molecule has 0 spiro atoms. The minimum atomic E-state index is 0.670. The molecule has 0 N–H and O–H groups in total. The van der Waals surface area contributed by atoms with Crippen LogP contribution in [0, 0.1) is 58.2 Å². The average molecular weight is 387 g/mol. The summed E-state index contributed by atoms with van der Waals surface area (Å²) < 4.78 is 0. The molecule has 0 heterocycles. The van der Waals surface area contributed by atoms with Crippen LogP contribution in [0.4, 0.5) is 0 Å². The maximum Gasteiger partial charge on any atom is -0.0264 e. The van der Waals surface area contributed by atoms with Gasteiger partial charge in [0.2, 0.25) is 0 Å². The highest BCUT2D eigenvalue weighted by atomic mass is 14.6. The topological polar surface area (TPSA) is 0 Å². The average Bonchev–Trinajstić information content (AvgIpc) is 2.99. The van der Waals surface area contributed by atoms with Gasteiger partial charge in [-0.25, -0.2) is 0 Å². The lowest BCUT2D eigenvalue weighted by Crippen LogP contribution is -2.53. The minimum absolute atomic E-state index is 0.670. The normalized spacial score (nSPS) is 49.4. The summed E-state index contributed by atoms with van der Waals surface area (Å²) in [6.45, 7) is 15.4. The Labute approximate surface area is 177 Å². The van der Waals surface area contributed by atoms with Crippen molar-refractivity contribution in [1.82, 2.24) is 0 Å². The van der Waals surface area contributed by atoms with Crippen LogP contribution in [-0.2, 0) is 0 Å². The second-order valence-corrected chi connectivity index (χ2v) is 13.1. The van der Waals surface area contributed by atoms with Crippen molar-refractivity contribution in [1.29, 1.82) is 0 Å². The zero-order valence-corrected chi connectivity index (χ0v) is 20.1. The molecule has 9 atom stereocenters. The van der Waals surface area contributed by atoms with Gasteiger partial charge in [-0.2, -0.15) is 0 Å². The molecule has 0 saturated heterocycles.